The van der Waals surface area contributed by atoms with E-state index in [-0.39, 0.29) is 17.3 Å². The molecule has 3 aliphatic rings. The van der Waals surface area contributed by atoms with Crippen molar-refractivity contribution in [2.45, 2.75) is 84.0 Å². The Kier molecular flexibility index (Phi) is 10.7. The van der Waals surface area contributed by atoms with Gasteiger partial charge in [0.1, 0.15) is 5.82 Å². The van der Waals surface area contributed by atoms with Crippen LogP contribution in [0.3, 0.4) is 0 Å². The minimum Gasteiger partial charge on any atom is -0.398 e. The van der Waals surface area contributed by atoms with Gasteiger partial charge in [-0.25, -0.2) is 4.98 Å². The van der Waals surface area contributed by atoms with Crippen LogP contribution in [0.25, 0.3) is 11.1 Å². The number of primary amides is 1. The van der Waals surface area contributed by atoms with Gasteiger partial charge in [0.15, 0.2) is 0 Å². The summed E-state index contributed by atoms with van der Waals surface area (Å²) in [5.74, 6) is -0.588. The summed E-state index contributed by atoms with van der Waals surface area (Å²) in [7, 11) is 0. The molecule has 45 heavy (non-hydrogen) atoms. The van der Waals surface area contributed by atoms with Crippen molar-refractivity contribution in [2.24, 2.45) is 5.73 Å². The van der Waals surface area contributed by atoms with Crippen molar-refractivity contribution in [1.82, 2.24) is 14.8 Å². The van der Waals surface area contributed by atoms with Crippen molar-refractivity contribution in [2.75, 3.05) is 37.6 Å². The molecule has 0 radical (unpaired) electrons. The van der Waals surface area contributed by atoms with Gasteiger partial charge in [0.05, 0.1) is 23.8 Å². The van der Waals surface area contributed by atoms with Gasteiger partial charge in [0.25, 0.3) is 11.8 Å². The Hall–Kier alpha value is -3.95. The monoisotopic (exact) mass is 612 g/mol. The third-order valence-electron chi connectivity index (χ3n) is 9.57. The molecule has 0 spiro atoms. The summed E-state index contributed by atoms with van der Waals surface area (Å²) >= 11 is 0. The molecule has 6 N–H and O–H groups in total. The van der Waals surface area contributed by atoms with E-state index in [1.54, 1.807) is 30.5 Å². The second-order valence-corrected chi connectivity index (χ2v) is 12.7. The van der Waals surface area contributed by atoms with Crippen LogP contribution in [0.5, 0.6) is 0 Å². The predicted molar refractivity (Wildman–Crippen MR) is 180 cm³/mol. The number of nitrogens with two attached hydrogens (primary N) is 3. The number of amides is 2. The van der Waals surface area contributed by atoms with Crippen LogP contribution in [0.2, 0.25) is 0 Å². The Balaban J connectivity index is 0.000000223. The quantitative estimate of drug-likeness (QED) is 0.300. The number of hydrogen-bond donors (Lipinski definition) is 3. The molecule has 3 fully saturated rings. The maximum atomic E-state index is 13.0. The number of anilines is 2. The summed E-state index contributed by atoms with van der Waals surface area (Å²) in [6.07, 6.45) is 11.9. The van der Waals surface area contributed by atoms with E-state index in [1.165, 1.54) is 68.3 Å². The summed E-state index contributed by atoms with van der Waals surface area (Å²) in [6.45, 7) is 8.97. The third kappa shape index (κ3) is 8.21. The lowest BCUT2D eigenvalue weighted by Crippen LogP contribution is -2.46. The lowest BCUT2D eigenvalue weighted by Gasteiger charge is -2.36. The Morgan fingerprint density at radius 2 is 1.53 bits per heavy atom. The van der Waals surface area contributed by atoms with E-state index in [2.05, 4.69) is 41.9 Å². The van der Waals surface area contributed by atoms with Gasteiger partial charge in [-0.15, -0.1) is 0 Å². The fourth-order valence-electron chi connectivity index (χ4n) is 6.64. The number of aryl methyl sites for hydroxylation is 2. The van der Waals surface area contributed by atoms with Crippen molar-refractivity contribution in [1.29, 1.82) is 0 Å². The zero-order chi connectivity index (χ0) is 31.9. The molecule has 2 saturated heterocycles. The Labute approximate surface area is 267 Å². The topological polar surface area (TPSA) is 141 Å². The molecule has 0 bridgehead atoms. The molecule has 1 aromatic heterocycles. The number of carbonyl (C=O) groups is 2. The first-order chi connectivity index (χ1) is 21.7. The second-order valence-electron chi connectivity index (χ2n) is 12.7. The van der Waals surface area contributed by atoms with Crippen molar-refractivity contribution in [3.05, 3.63) is 76.5 Å². The van der Waals surface area contributed by atoms with Gasteiger partial charge in [-0.05, 0) is 106 Å². The zero-order valence-corrected chi connectivity index (χ0v) is 26.8. The smallest absolute Gasteiger partial charge is 0.255 e. The number of nitrogens with zero attached hydrogens (tertiary/aromatic N) is 3. The lowest BCUT2D eigenvalue weighted by molar-refractivity contribution is 0.0456. The number of benzene rings is 2. The molecular formula is C36H48N6O3. The van der Waals surface area contributed by atoms with Crippen molar-refractivity contribution < 1.29 is 14.3 Å². The van der Waals surface area contributed by atoms with E-state index >= 15 is 0 Å². The van der Waals surface area contributed by atoms with E-state index in [0.29, 0.717) is 29.0 Å². The first kappa shape index (κ1) is 32.4. The van der Waals surface area contributed by atoms with Crippen LogP contribution in [0.1, 0.15) is 88.8 Å². The highest BCUT2D eigenvalue weighted by atomic mass is 16.5. The molecule has 2 aliphatic heterocycles. The van der Waals surface area contributed by atoms with E-state index in [9.17, 15) is 9.59 Å². The highest BCUT2D eigenvalue weighted by Crippen LogP contribution is 2.28. The average Bonchev–Trinajstić information content (AvgIpc) is 3.77. The number of ether oxygens (including phenoxy) is 1. The number of hydrogen-bond acceptors (Lipinski definition) is 7. The fourth-order valence-corrected chi connectivity index (χ4v) is 6.64. The first-order valence-electron chi connectivity index (χ1n) is 16.4. The number of pyridine rings is 1. The molecule has 2 amide bonds. The number of nitrogen functional groups attached to an aromatic ring is 2. The average molecular weight is 613 g/mol. The second kappa shape index (κ2) is 14.9. The highest BCUT2D eigenvalue weighted by molar-refractivity contribution is 6.01. The summed E-state index contributed by atoms with van der Waals surface area (Å²) in [6, 6.07) is 14.0. The maximum absolute atomic E-state index is 13.0. The molecule has 2 aromatic carbocycles. The zero-order valence-electron chi connectivity index (χ0n) is 26.8. The molecule has 9 heteroatoms. The van der Waals surface area contributed by atoms with Crippen molar-refractivity contribution in [3.63, 3.8) is 0 Å². The number of piperidine rings is 1. The molecule has 1 saturated carbocycles. The van der Waals surface area contributed by atoms with Gasteiger partial charge < -0.3 is 31.7 Å². The van der Waals surface area contributed by atoms with Crippen LogP contribution in [-0.4, -0.2) is 64.9 Å². The standard InChI is InChI=1S/C22H28N6O2.C14H20O/c23-19-12-14(15-11-18(21(25)29)20(24)26-13-15)3-4-17(19)22(30)28-9-5-16(6-10-28)27-7-1-2-8-27;1-11-7-8-13(9-12(11)2)10-15-14-5-3-4-6-14/h3-4,11-13,16H,1-2,5-10,23H2,(H2,24,26)(H2,25,29);7-9,14H,3-6,10H2,1-2H3. The van der Waals surface area contributed by atoms with Gasteiger partial charge >= 0.3 is 0 Å². The molecule has 3 aromatic rings. The van der Waals surface area contributed by atoms with Crippen molar-refractivity contribution >= 4 is 23.3 Å². The third-order valence-corrected chi connectivity index (χ3v) is 9.57. The van der Waals surface area contributed by atoms with Crippen LogP contribution in [-0.2, 0) is 11.3 Å². The van der Waals surface area contributed by atoms with E-state index in [4.69, 9.17) is 21.9 Å². The number of aromatic nitrogens is 1. The van der Waals surface area contributed by atoms with Crippen LogP contribution in [0.15, 0.2) is 48.7 Å². The van der Waals surface area contributed by atoms with Gasteiger partial charge in [-0.2, -0.15) is 0 Å². The normalized spacial score (nSPS) is 17.7. The van der Waals surface area contributed by atoms with Crippen LogP contribution in [0.4, 0.5) is 11.5 Å². The molecule has 0 unspecified atom stereocenters. The molecular weight excluding hydrogens is 564 g/mol. The minimum absolute atomic E-state index is 0.0350. The predicted octanol–water partition coefficient (Wildman–Crippen LogP) is 5.47. The summed E-state index contributed by atoms with van der Waals surface area (Å²) in [5, 5.41) is 0. The van der Waals surface area contributed by atoms with Crippen molar-refractivity contribution in [3.8, 4) is 11.1 Å². The minimum atomic E-state index is -0.640. The summed E-state index contributed by atoms with van der Waals surface area (Å²) in [4.78, 5) is 33.0. The van der Waals surface area contributed by atoms with Crippen LogP contribution in [0, 0.1) is 13.8 Å². The van der Waals surface area contributed by atoms with E-state index < -0.39 is 5.91 Å². The SMILES string of the molecule is Cc1ccc(COC2CCCC2)cc1C.NC(=O)c1cc(-c2ccc(C(=O)N3CCC(N4CCCC4)CC3)c(N)c2)cnc1N. The van der Waals surface area contributed by atoms with E-state index in [1.807, 2.05) is 4.90 Å². The number of rotatable bonds is 7. The fraction of sp³-hybridized carbons (Fsp3) is 0.472. The Bertz CT molecular complexity index is 1490. The lowest BCUT2D eigenvalue weighted by atomic mass is 9.99. The maximum Gasteiger partial charge on any atom is 0.255 e. The van der Waals surface area contributed by atoms with E-state index in [0.717, 1.165) is 38.1 Å². The molecule has 9 nitrogen and oxygen atoms in total. The largest absolute Gasteiger partial charge is 0.398 e. The Morgan fingerprint density at radius 1 is 0.822 bits per heavy atom. The first-order valence-corrected chi connectivity index (χ1v) is 16.4. The number of carbonyl (C=O) groups excluding carboxylic acids is 2. The van der Waals surface area contributed by atoms with Gasteiger partial charge in [-0.1, -0.05) is 37.1 Å². The number of likely N-dealkylation sites (tertiary alicyclic amines) is 2. The summed E-state index contributed by atoms with van der Waals surface area (Å²) < 4.78 is 5.88. The van der Waals surface area contributed by atoms with Crippen LogP contribution < -0.4 is 17.2 Å². The highest BCUT2D eigenvalue weighted by Gasteiger charge is 2.29. The molecule has 6 rings (SSSR count). The van der Waals surface area contributed by atoms with Gasteiger partial charge in [0, 0.05) is 36.6 Å². The van der Waals surface area contributed by atoms with Gasteiger partial charge in [-0.3, -0.25) is 9.59 Å². The van der Waals surface area contributed by atoms with Gasteiger partial charge in [0.2, 0.25) is 0 Å². The molecule has 3 heterocycles. The Morgan fingerprint density at radius 3 is 2.18 bits per heavy atom. The van der Waals surface area contributed by atoms with Crippen LogP contribution >= 0.6 is 0 Å². The summed E-state index contributed by atoms with van der Waals surface area (Å²) in [5.41, 5.74) is 23.8. The molecule has 0 atom stereocenters. The molecule has 1 aliphatic carbocycles. The molecule has 240 valence electrons.